The van der Waals surface area contributed by atoms with Crippen LogP contribution in [-0.2, 0) is 0 Å². The van der Waals surface area contributed by atoms with Crippen molar-refractivity contribution in [3.63, 3.8) is 0 Å². The molecule has 2 heterocycles. The molecule has 1 N–H and O–H groups in total. The summed E-state index contributed by atoms with van der Waals surface area (Å²) in [6.45, 7) is 3.23. The van der Waals surface area contributed by atoms with Crippen molar-refractivity contribution >= 4 is 40.6 Å². The lowest BCUT2D eigenvalue weighted by Crippen LogP contribution is -2.41. The number of amides is 1. The minimum atomic E-state index is -0.333. The average molecular weight is 497 g/mol. The number of likely N-dealkylation sites (tertiary alicyclic amines) is 1. The molecule has 2 aliphatic rings. The van der Waals surface area contributed by atoms with Crippen LogP contribution in [0.3, 0.4) is 0 Å². The number of carbonyl (C=O) groups is 1. The van der Waals surface area contributed by atoms with Crippen LogP contribution >= 0.6 is 34.5 Å². The molecule has 32 heavy (non-hydrogen) atoms. The van der Waals surface area contributed by atoms with Gasteiger partial charge in [-0.05, 0) is 87.1 Å². The number of benzene rings is 1. The molecule has 1 saturated carbocycles. The molecule has 1 aromatic heterocycles. The van der Waals surface area contributed by atoms with Gasteiger partial charge in [-0.25, -0.2) is 4.79 Å². The van der Waals surface area contributed by atoms with Crippen LogP contribution in [0.15, 0.2) is 35.7 Å². The van der Waals surface area contributed by atoms with E-state index in [-0.39, 0.29) is 18.2 Å². The normalized spacial score (nSPS) is 22.4. The van der Waals surface area contributed by atoms with E-state index in [1.54, 1.807) is 6.07 Å². The first-order chi connectivity index (χ1) is 15.6. The summed E-state index contributed by atoms with van der Waals surface area (Å²) in [5, 5.41) is 6.59. The molecule has 1 amide bonds. The summed E-state index contributed by atoms with van der Waals surface area (Å²) in [6.07, 6.45) is 7.47. The Balaban J connectivity index is 1.10. The van der Waals surface area contributed by atoms with E-state index >= 15 is 0 Å². The van der Waals surface area contributed by atoms with E-state index in [0.717, 1.165) is 64.1 Å². The topological polar surface area (TPSA) is 50.8 Å². The molecule has 0 radical (unpaired) electrons. The van der Waals surface area contributed by atoms with E-state index in [1.165, 1.54) is 17.8 Å². The predicted octanol–water partition coefficient (Wildman–Crippen LogP) is 6.64. The number of ether oxygens (including phenoxy) is 2. The molecular formula is C24H30Cl2N2O3S. The van der Waals surface area contributed by atoms with Crippen molar-refractivity contribution in [2.45, 2.75) is 57.1 Å². The van der Waals surface area contributed by atoms with Gasteiger partial charge in [0.1, 0.15) is 16.9 Å². The van der Waals surface area contributed by atoms with E-state index in [9.17, 15) is 4.79 Å². The van der Waals surface area contributed by atoms with Crippen LogP contribution in [0.2, 0.25) is 10.0 Å². The third-order valence-corrected chi connectivity index (χ3v) is 8.00. The number of carbonyl (C=O) groups excluding carboxylic acids is 1. The second kappa shape index (κ2) is 11.6. The number of hydrogen-bond acceptors (Lipinski definition) is 5. The van der Waals surface area contributed by atoms with E-state index in [2.05, 4.69) is 10.2 Å². The summed E-state index contributed by atoms with van der Waals surface area (Å²) in [5.74, 6) is 1.42. The van der Waals surface area contributed by atoms with Crippen LogP contribution in [-0.4, -0.2) is 42.8 Å². The molecule has 2 fully saturated rings. The van der Waals surface area contributed by atoms with Gasteiger partial charge in [-0.1, -0.05) is 29.3 Å². The van der Waals surface area contributed by atoms with Gasteiger partial charge in [0, 0.05) is 19.1 Å². The second-order valence-corrected chi connectivity index (χ2v) is 10.4. The number of thiophene rings is 1. The number of nitrogens with zero attached hydrogens (tertiary/aromatic N) is 1. The molecule has 0 spiro atoms. The van der Waals surface area contributed by atoms with E-state index < -0.39 is 0 Å². The standard InChI is InChI=1S/C24H30Cl2N2O3S/c25-20-3-1-4-21(23(20)26)30-19-11-14-28(15-12-19)13-10-17-6-8-18(9-7-17)27-24(29)31-22-5-2-16-32-22/h1-5,16-19H,6-15H2,(H,27,29)/t17-,18-. The van der Waals surface area contributed by atoms with Crippen molar-refractivity contribution in [3.05, 3.63) is 45.8 Å². The summed E-state index contributed by atoms with van der Waals surface area (Å²) in [5.41, 5.74) is 0. The predicted molar refractivity (Wildman–Crippen MR) is 130 cm³/mol. The summed E-state index contributed by atoms with van der Waals surface area (Å²) in [7, 11) is 0. The van der Waals surface area contributed by atoms with Crippen LogP contribution in [0, 0.1) is 5.92 Å². The van der Waals surface area contributed by atoms with Crippen molar-refractivity contribution < 1.29 is 14.3 Å². The van der Waals surface area contributed by atoms with Gasteiger partial charge in [-0.2, -0.15) is 0 Å². The van der Waals surface area contributed by atoms with Crippen molar-refractivity contribution in [3.8, 4) is 10.8 Å². The maximum absolute atomic E-state index is 12.0. The molecule has 174 valence electrons. The maximum Gasteiger partial charge on any atom is 0.413 e. The Morgan fingerprint density at radius 3 is 2.56 bits per heavy atom. The Morgan fingerprint density at radius 1 is 1.06 bits per heavy atom. The van der Waals surface area contributed by atoms with Crippen molar-refractivity contribution in [1.82, 2.24) is 10.2 Å². The van der Waals surface area contributed by atoms with Crippen LogP contribution in [0.25, 0.3) is 0 Å². The number of nitrogens with one attached hydrogen (secondary N) is 1. The van der Waals surface area contributed by atoms with Gasteiger partial charge in [0.2, 0.25) is 0 Å². The fourth-order valence-corrected chi connectivity index (χ4v) is 5.48. The average Bonchev–Trinajstić information content (AvgIpc) is 3.30. The summed E-state index contributed by atoms with van der Waals surface area (Å²) >= 11 is 13.8. The molecule has 4 rings (SSSR count). The van der Waals surface area contributed by atoms with Gasteiger partial charge in [0.25, 0.3) is 0 Å². The third-order valence-electron chi connectivity index (χ3n) is 6.46. The molecule has 5 nitrogen and oxygen atoms in total. The summed E-state index contributed by atoms with van der Waals surface area (Å²) in [6, 6.07) is 9.44. The highest BCUT2D eigenvalue weighted by atomic mass is 35.5. The van der Waals surface area contributed by atoms with E-state index in [4.69, 9.17) is 32.7 Å². The van der Waals surface area contributed by atoms with Crippen LogP contribution in [0.4, 0.5) is 4.79 Å². The Labute approximate surface area is 204 Å². The minimum absolute atomic E-state index is 0.192. The molecule has 1 saturated heterocycles. The second-order valence-electron chi connectivity index (χ2n) is 8.68. The first-order valence-electron chi connectivity index (χ1n) is 11.4. The van der Waals surface area contributed by atoms with Gasteiger partial charge in [0.15, 0.2) is 5.06 Å². The highest BCUT2D eigenvalue weighted by Crippen LogP contribution is 2.33. The van der Waals surface area contributed by atoms with Crippen LogP contribution in [0.1, 0.15) is 44.9 Å². The van der Waals surface area contributed by atoms with Gasteiger partial charge in [-0.15, -0.1) is 11.3 Å². The van der Waals surface area contributed by atoms with Crippen LogP contribution in [0.5, 0.6) is 10.8 Å². The maximum atomic E-state index is 12.0. The highest BCUT2D eigenvalue weighted by Gasteiger charge is 2.25. The number of hydrogen-bond donors (Lipinski definition) is 1. The zero-order chi connectivity index (χ0) is 22.3. The molecule has 1 aliphatic carbocycles. The molecule has 1 aliphatic heterocycles. The largest absolute Gasteiger partial charge is 0.489 e. The quantitative estimate of drug-likeness (QED) is 0.466. The van der Waals surface area contributed by atoms with E-state index in [1.807, 2.05) is 29.6 Å². The number of halogens is 2. The molecule has 2 aromatic rings. The first kappa shape index (κ1) is 23.7. The Bertz CT molecular complexity index is 864. The fraction of sp³-hybridized carbons (Fsp3) is 0.542. The van der Waals surface area contributed by atoms with Gasteiger partial charge < -0.3 is 19.7 Å². The summed E-state index contributed by atoms with van der Waals surface area (Å²) in [4.78, 5) is 14.6. The summed E-state index contributed by atoms with van der Waals surface area (Å²) < 4.78 is 11.4. The third kappa shape index (κ3) is 6.77. The smallest absolute Gasteiger partial charge is 0.413 e. The lowest BCUT2D eigenvalue weighted by Gasteiger charge is -2.34. The fourth-order valence-electron chi connectivity index (χ4n) is 4.57. The van der Waals surface area contributed by atoms with Gasteiger partial charge in [0.05, 0.1) is 5.02 Å². The highest BCUT2D eigenvalue weighted by molar-refractivity contribution is 7.11. The molecule has 0 atom stereocenters. The lowest BCUT2D eigenvalue weighted by atomic mass is 9.84. The minimum Gasteiger partial charge on any atom is -0.489 e. The Hall–Kier alpha value is -1.47. The van der Waals surface area contributed by atoms with Gasteiger partial charge in [-0.3, -0.25) is 0 Å². The molecule has 0 unspecified atom stereocenters. The Kier molecular flexibility index (Phi) is 8.58. The van der Waals surface area contributed by atoms with Gasteiger partial charge >= 0.3 is 6.09 Å². The Morgan fingerprint density at radius 2 is 1.84 bits per heavy atom. The monoisotopic (exact) mass is 496 g/mol. The van der Waals surface area contributed by atoms with Crippen molar-refractivity contribution in [2.75, 3.05) is 19.6 Å². The first-order valence-corrected chi connectivity index (χ1v) is 13.1. The number of rotatable bonds is 7. The molecule has 8 heteroatoms. The molecule has 1 aromatic carbocycles. The number of piperidine rings is 1. The zero-order valence-corrected chi connectivity index (χ0v) is 20.4. The van der Waals surface area contributed by atoms with Crippen molar-refractivity contribution in [2.24, 2.45) is 5.92 Å². The molecule has 0 bridgehead atoms. The van der Waals surface area contributed by atoms with Crippen LogP contribution < -0.4 is 14.8 Å². The van der Waals surface area contributed by atoms with Crippen molar-refractivity contribution in [1.29, 1.82) is 0 Å². The lowest BCUT2D eigenvalue weighted by molar-refractivity contribution is 0.0950. The molecular weight excluding hydrogens is 467 g/mol. The SMILES string of the molecule is O=C(N[C@H]1CC[C@H](CCN2CCC(Oc3cccc(Cl)c3Cl)CC2)CC1)Oc1cccs1. The van der Waals surface area contributed by atoms with E-state index in [0.29, 0.717) is 20.9 Å². The zero-order valence-electron chi connectivity index (χ0n) is 18.1.